The summed E-state index contributed by atoms with van der Waals surface area (Å²) >= 11 is 1.39. The van der Waals surface area contributed by atoms with Crippen molar-refractivity contribution in [2.75, 3.05) is 13.0 Å². The second-order valence-corrected chi connectivity index (χ2v) is 4.55. The molecule has 0 saturated heterocycles. The minimum absolute atomic E-state index is 0.452. The van der Waals surface area contributed by atoms with Gasteiger partial charge in [0.05, 0.1) is 5.94 Å². The number of methoxy groups -OCH3 is 1. The summed E-state index contributed by atoms with van der Waals surface area (Å²) in [4.78, 5) is 10.5. The van der Waals surface area contributed by atoms with Gasteiger partial charge in [-0.2, -0.15) is 0 Å². The van der Waals surface area contributed by atoms with E-state index in [1.165, 1.54) is 11.8 Å². The Hall–Kier alpha value is -0.260. The second kappa shape index (κ2) is 4.69. The second-order valence-electron chi connectivity index (χ2n) is 2.97. The van der Waals surface area contributed by atoms with E-state index in [9.17, 15) is 4.79 Å². The first-order valence-electron chi connectivity index (χ1n) is 3.53. The molecule has 0 saturated carbocycles. The number of rotatable bonds is 5. The van der Waals surface area contributed by atoms with Crippen LogP contribution in [-0.2, 0) is 9.53 Å². The van der Waals surface area contributed by atoms with Crippen LogP contribution in [0.3, 0.4) is 0 Å². The van der Waals surface area contributed by atoms with Crippen molar-refractivity contribution in [3.8, 4) is 0 Å². The maximum absolute atomic E-state index is 10.5. The third-order valence-electron chi connectivity index (χ3n) is 1.56. The standard InChI is InChI=1S/C7H15NO3S/c1-7(2,12-4-11-3)5(8)6(9)10/h5H,4,8H2,1-3H3,(H,9,10)/t5-/m0/s1. The summed E-state index contributed by atoms with van der Waals surface area (Å²) in [5.41, 5.74) is 5.46. The van der Waals surface area contributed by atoms with Crippen molar-refractivity contribution >= 4 is 17.7 Å². The predicted octanol–water partition coefficient (Wildman–Crippen LogP) is 0.514. The number of carboxylic acid groups (broad SMARTS) is 1. The van der Waals surface area contributed by atoms with Crippen LogP contribution in [-0.4, -0.2) is 34.9 Å². The van der Waals surface area contributed by atoms with E-state index in [4.69, 9.17) is 15.6 Å². The summed E-state index contributed by atoms with van der Waals surface area (Å²) in [7, 11) is 1.56. The van der Waals surface area contributed by atoms with Crippen molar-refractivity contribution in [2.45, 2.75) is 24.6 Å². The molecule has 0 radical (unpaired) electrons. The normalized spacial score (nSPS) is 14.3. The Kier molecular flexibility index (Phi) is 4.59. The number of aliphatic carboxylic acids is 1. The smallest absolute Gasteiger partial charge is 0.321 e. The van der Waals surface area contributed by atoms with Gasteiger partial charge in [-0.15, -0.1) is 11.8 Å². The van der Waals surface area contributed by atoms with Crippen LogP contribution < -0.4 is 5.73 Å². The van der Waals surface area contributed by atoms with Crippen LogP contribution >= 0.6 is 11.8 Å². The largest absolute Gasteiger partial charge is 0.480 e. The molecule has 72 valence electrons. The highest BCUT2D eigenvalue weighted by molar-refractivity contribution is 8.00. The first-order valence-corrected chi connectivity index (χ1v) is 4.51. The Labute approximate surface area is 76.5 Å². The third-order valence-corrected chi connectivity index (χ3v) is 2.92. The molecule has 5 heteroatoms. The molecule has 0 aromatic heterocycles. The van der Waals surface area contributed by atoms with Crippen molar-refractivity contribution in [1.82, 2.24) is 0 Å². The molecular formula is C7H15NO3S. The van der Waals surface area contributed by atoms with E-state index in [0.29, 0.717) is 5.94 Å². The number of hydrogen-bond acceptors (Lipinski definition) is 4. The summed E-state index contributed by atoms with van der Waals surface area (Å²) in [6, 6.07) is -0.863. The lowest BCUT2D eigenvalue weighted by Crippen LogP contribution is -2.46. The molecule has 0 aromatic rings. The average Bonchev–Trinajstić information content (AvgIpc) is 1.99. The lowest BCUT2D eigenvalue weighted by atomic mass is 10.1. The molecule has 1 atom stereocenters. The molecule has 0 fully saturated rings. The Bertz CT molecular complexity index is 161. The van der Waals surface area contributed by atoms with Gasteiger partial charge in [0.1, 0.15) is 6.04 Å². The van der Waals surface area contributed by atoms with E-state index in [0.717, 1.165) is 0 Å². The summed E-state index contributed by atoms with van der Waals surface area (Å²) in [6.07, 6.45) is 0. The number of ether oxygens (including phenoxy) is 1. The van der Waals surface area contributed by atoms with Crippen LogP contribution in [0.25, 0.3) is 0 Å². The molecule has 3 N–H and O–H groups in total. The third kappa shape index (κ3) is 3.42. The SMILES string of the molecule is COCSC(C)(C)[C@@H](N)C(=O)O. The van der Waals surface area contributed by atoms with Crippen LogP contribution in [0.5, 0.6) is 0 Å². The van der Waals surface area contributed by atoms with Gasteiger partial charge >= 0.3 is 5.97 Å². The number of nitrogens with two attached hydrogens (primary N) is 1. The van der Waals surface area contributed by atoms with E-state index in [1.54, 1.807) is 21.0 Å². The van der Waals surface area contributed by atoms with Gasteiger partial charge in [-0.1, -0.05) is 0 Å². The molecule has 0 aliphatic carbocycles. The molecule has 4 nitrogen and oxygen atoms in total. The van der Waals surface area contributed by atoms with Gasteiger partial charge in [0, 0.05) is 11.9 Å². The fourth-order valence-electron chi connectivity index (χ4n) is 0.598. The van der Waals surface area contributed by atoms with Crippen molar-refractivity contribution in [3.05, 3.63) is 0 Å². The average molecular weight is 193 g/mol. The first kappa shape index (κ1) is 11.7. The molecule has 0 aliphatic heterocycles. The highest BCUT2D eigenvalue weighted by atomic mass is 32.2. The van der Waals surface area contributed by atoms with Gasteiger partial charge in [-0.3, -0.25) is 4.79 Å². The van der Waals surface area contributed by atoms with Crippen molar-refractivity contribution in [2.24, 2.45) is 5.73 Å². The molecule has 0 rings (SSSR count). The van der Waals surface area contributed by atoms with Crippen molar-refractivity contribution in [3.63, 3.8) is 0 Å². The number of carbonyl (C=O) groups is 1. The highest BCUT2D eigenvalue weighted by Gasteiger charge is 2.32. The molecule has 0 heterocycles. The quantitative estimate of drug-likeness (QED) is 0.622. The fraction of sp³-hybridized carbons (Fsp3) is 0.857. The van der Waals surface area contributed by atoms with Gasteiger partial charge in [0.15, 0.2) is 0 Å². The number of thioether (sulfide) groups is 1. The van der Waals surface area contributed by atoms with E-state index in [-0.39, 0.29) is 0 Å². The molecule has 0 bridgehead atoms. The Morgan fingerprint density at radius 2 is 2.25 bits per heavy atom. The van der Waals surface area contributed by atoms with E-state index in [2.05, 4.69) is 0 Å². The highest BCUT2D eigenvalue weighted by Crippen LogP contribution is 2.26. The minimum atomic E-state index is -0.983. The first-order chi connectivity index (χ1) is 5.41. The van der Waals surface area contributed by atoms with Crippen molar-refractivity contribution in [1.29, 1.82) is 0 Å². The van der Waals surface area contributed by atoms with E-state index in [1.807, 2.05) is 0 Å². The molecule has 0 unspecified atom stereocenters. The van der Waals surface area contributed by atoms with Crippen LogP contribution in [0, 0.1) is 0 Å². The number of hydrogen-bond donors (Lipinski definition) is 2. The molecular weight excluding hydrogens is 178 g/mol. The summed E-state index contributed by atoms with van der Waals surface area (Å²) in [5, 5.41) is 8.64. The van der Waals surface area contributed by atoms with Gasteiger partial charge in [0.2, 0.25) is 0 Å². The number of carboxylic acids is 1. The maximum atomic E-state index is 10.5. The van der Waals surface area contributed by atoms with Crippen LogP contribution in [0.15, 0.2) is 0 Å². The van der Waals surface area contributed by atoms with Crippen LogP contribution in [0.2, 0.25) is 0 Å². The predicted molar refractivity (Wildman–Crippen MR) is 49.2 cm³/mol. The van der Waals surface area contributed by atoms with Gasteiger partial charge in [-0.25, -0.2) is 0 Å². The Morgan fingerprint density at radius 3 is 2.58 bits per heavy atom. The van der Waals surface area contributed by atoms with Gasteiger partial charge in [0.25, 0.3) is 0 Å². The van der Waals surface area contributed by atoms with Gasteiger partial charge < -0.3 is 15.6 Å². The van der Waals surface area contributed by atoms with E-state index >= 15 is 0 Å². The monoisotopic (exact) mass is 193 g/mol. The molecule has 0 amide bonds. The zero-order valence-electron chi connectivity index (χ0n) is 7.53. The topological polar surface area (TPSA) is 72.5 Å². The summed E-state index contributed by atoms with van der Waals surface area (Å²) < 4.78 is 4.32. The fourth-order valence-corrected chi connectivity index (χ4v) is 1.30. The minimum Gasteiger partial charge on any atom is -0.480 e. The lowest BCUT2D eigenvalue weighted by molar-refractivity contribution is -0.139. The van der Waals surface area contributed by atoms with E-state index < -0.39 is 16.8 Å². The Balaban J connectivity index is 4.08. The zero-order chi connectivity index (χ0) is 9.78. The van der Waals surface area contributed by atoms with Crippen LogP contribution in [0.1, 0.15) is 13.8 Å². The van der Waals surface area contributed by atoms with Gasteiger partial charge in [-0.05, 0) is 13.8 Å². The molecule has 0 aliphatic rings. The zero-order valence-corrected chi connectivity index (χ0v) is 8.35. The lowest BCUT2D eigenvalue weighted by Gasteiger charge is -2.27. The summed E-state index contributed by atoms with van der Waals surface area (Å²) in [5.74, 6) is -0.530. The molecule has 0 aromatic carbocycles. The summed E-state index contributed by atoms with van der Waals surface area (Å²) in [6.45, 7) is 3.57. The molecule has 0 spiro atoms. The molecule has 12 heavy (non-hydrogen) atoms. The Morgan fingerprint density at radius 1 is 1.75 bits per heavy atom. The van der Waals surface area contributed by atoms with Crippen LogP contribution in [0.4, 0.5) is 0 Å². The van der Waals surface area contributed by atoms with Crippen molar-refractivity contribution < 1.29 is 14.6 Å². The maximum Gasteiger partial charge on any atom is 0.321 e.